The van der Waals surface area contributed by atoms with Crippen LogP contribution < -0.4 is 0 Å². The van der Waals surface area contributed by atoms with E-state index in [0.29, 0.717) is 11.3 Å². The van der Waals surface area contributed by atoms with Crippen molar-refractivity contribution >= 4 is 15.7 Å². The molecule has 0 saturated heterocycles. The molecule has 3 heterocycles. The first-order chi connectivity index (χ1) is 14.3. The number of sulfone groups is 1. The van der Waals surface area contributed by atoms with E-state index in [4.69, 9.17) is 4.84 Å². The summed E-state index contributed by atoms with van der Waals surface area (Å²) in [6.07, 6.45) is -3.11. The van der Waals surface area contributed by atoms with Gasteiger partial charge >= 0.3 is 6.18 Å². The van der Waals surface area contributed by atoms with Gasteiger partial charge in [-0.3, -0.25) is 0 Å². The van der Waals surface area contributed by atoms with Gasteiger partial charge < -0.3 is 9.74 Å². The van der Waals surface area contributed by atoms with Gasteiger partial charge in [0.2, 0.25) is 15.0 Å². The Bertz CT molecular complexity index is 1190. The minimum atomic E-state index is -4.81. The molecule has 1 unspecified atom stereocenters. The quantitative estimate of drug-likeness (QED) is 0.508. The van der Waals surface area contributed by atoms with Crippen molar-refractivity contribution in [3.05, 3.63) is 52.1 Å². The summed E-state index contributed by atoms with van der Waals surface area (Å²) in [5.41, 5.74) is -1.83. The second kappa shape index (κ2) is 6.87. The molecule has 0 N–H and O–H groups in total. The van der Waals surface area contributed by atoms with Crippen LogP contribution in [0.1, 0.15) is 34.4 Å². The van der Waals surface area contributed by atoms with E-state index in [9.17, 15) is 26.0 Å². The van der Waals surface area contributed by atoms with E-state index in [-0.39, 0.29) is 40.8 Å². The number of fused-ring (bicyclic) bond motifs is 1. The van der Waals surface area contributed by atoms with Crippen molar-refractivity contribution in [3.8, 4) is 0 Å². The van der Waals surface area contributed by atoms with E-state index in [1.807, 2.05) is 0 Å². The number of amidine groups is 1. The summed E-state index contributed by atoms with van der Waals surface area (Å²) >= 11 is 0. The smallest absolute Gasteiger partial charge is 0.372 e. The van der Waals surface area contributed by atoms with Crippen molar-refractivity contribution in [1.82, 2.24) is 14.9 Å². The summed E-state index contributed by atoms with van der Waals surface area (Å²) in [5.74, 6) is -0.536. The van der Waals surface area contributed by atoms with E-state index in [0.717, 1.165) is 18.4 Å². The molecule has 0 radical (unpaired) electrons. The molecule has 2 aliphatic rings. The van der Waals surface area contributed by atoms with Gasteiger partial charge in [0.25, 0.3) is 5.60 Å². The normalized spacial score (nSPS) is 21.1. The lowest BCUT2D eigenvalue weighted by Crippen LogP contribution is -2.44. The van der Waals surface area contributed by atoms with Crippen LogP contribution in [0.2, 0.25) is 0 Å². The maximum absolute atomic E-state index is 14.2. The molecule has 2 aromatic rings. The summed E-state index contributed by atoms with van der Waals surface area (Å²) in [6.45, 7) is 3.01. The Labute approximate surface area is 175 Å². The highest BCUT2D eigenvalue weighted by Crippen LogP contribution is 2.49. The maximum Gasteiger partial charge on any atom is 0.435 e. The first-order valence-electron chi connectivity index (χ1n) is 9.20. The Morgan fingerprint density at radius 3 is 2.39 bits per heavy atom. The molecule has 1 atom stereocenters. The number of rotatable bonds is 2. The number of alkyl halides is 3. The SMILES string of the molecule is Cc1cc(C2(C(F)(F)F)CC(N3Cc4cnc(S(C)(=O)=O)nc4C3)=NO2)cc(C)c1F. The summed E-state index contributed by atoms with van der Waals surface area (Å²) < 4.78 is 79.9. The first kappa shape index (κ1) is 21.5. The van der Waals surface area contributed by atoms with Crippen molar-refractivity contribution in [1.29, 1.82) is 0 Å². The van der Waals surface area contributed by atoms with Gasteiger partial charge in [0, 0.05) is 30.1 Å². The van der Waals surface area contributed by atoms with Crippen LogP contribution in [-0.2, 0) is 33.4 Å². The number of halogens is 4. The molecule has 2 aliphatic heterocycles. The number of aromatic nitrogens is 2. The zero-order chi connectivity index (χ0) is 22.8. The van der Waals surface area contributed by atoms with Gasteiger partial charge in [-0.1, -0.05) is 5.16 Å². The van der Waals surface area contributed by atoms with Crippen LogP contribution in [-0.4, -0.2) is 41.6 Å². The van der Waals surface area contributed by atoms with Gasteiger partial charge in [0.15, 0.2) is 0 Å². The van der Waals surface area contributed by atoms with Gasteiger partial charge in [-0.15, -0.1) is 0 Å². The Morgan fingerprint density at radius 1 is 1.16 bits per heavy atom. The average Bonchev–Trinajstić information content (AvgIpc) is 3.28. The van der Waals surface area contributed by atoms with Crippen molar-refractivity contribution in [2.75, 3.05) is 6.26 Å². The van der Waals surface area contributed by atoms with Crippen LogP contribution >= 0.6 is 0 Å². The van der Waals surface area contributed by atoms with Crippen molar-refractivity contribution in [2.45, 2.75) is 50.3 Å². The molecule has 12 heteroatoms. The fourth-order valence-corrected chi connectivity index (χ4v) is 4.25. The summed E-state index contributed by atoms with van der Waals surface area (Å²) in [7, 11) is -3.62. The van der Waals surface area contributed by atoms with E-state index >= 15 is 0 Å². The van der Waals surface area contributed by atoms with Crippen molar-refractivity contribution in [2.24, 2.45) is 5.16 Å². The lowest BCUT2D eigenvalue weighted by molar-refractivity contribution is -0.276. The predicted octanol–water partition coefficient (Wildman–Crippen LogP) is 3.14. The fourth-order valence-electron chi connectivity index (χ4n) is 3.73. The second-order valence-electron chi connectivity index (χ2n) is 7.78. The van der Waals surface area contributed by atoms with Crippen molar-refractivity contribution in [3.63, 3.8) is 0 Å². The molecular formula is C19H18F4N4O3S. The Morgan fingerprint density at radius 2 is 1.81 bits per heavy atom. The second-order valence-corrected chi connectivity index (χ2v) is 9.69. The monoisotopic (exact) mass is 458 g/mol. The molecule has 1 aromatic heterocycles. The number of hydrogen-bond donors (Lipinski definition) is 0. The summed E-state index contributed by atoms with van der Waals surface area (Å²) in [5, 5.41) is 3.36. The summed E-state index contributed by atoms with van der Waals surface area (Å²) in [6, 6.07) is 2.24. The third-order valence-electron chi connectivity index (χ3n) is 5.41. The highest BCUT2D eigenvalue weighted by molar-refractivity contribution is 7.90. The van der Waals surface area contributed by atoms with Crippen LogP contribution in [0.3, 0.4) is 0 Å². The van der Waals surface area contributed by atoms with E-state index in [2.05, 4.69) is 15.1 Å². The average molecular weight is 458 g/mol. The molecule has 0 saturated carbocycles. The molecule has 31 heavy (non-hydrogen) atoms. The van der Waals surface area contributed by atoms with E-state index in [1.165, 1.54) is 24.9 Å². The molecule has 1 aromatic carbocycles. The van der Waals surface area contributed by atoms with Crippen LogP contribution in [0.15, 0.2) is 28.6 Å². The zero-order valence-electron chi connectivity index (χ0n) is 16.8. The van der Waals surface area contributed by atoms with Crippen LogP contribution in [0.4, 0.5) is 17.6 Å². The lowest BCUT2D eigenvalue weighted by Gasteiger charge is -2.30. The van der Waals surface area contributed by atoms with Gasteiger partial charge in [-0.25, -0.2) is 22.8 Å². The largest absolute Gasteiger partial charge is 0.435 e. The number of oxime groups is 1. The van der Waals surface area contributed by atoms with Crippen LogP contribution in [0.25, 0.3) is 0 Å². The standard InChI is InChI=1S/C19H18F4N4O3S/c1-10-4-13(5-11(2)16(10)20)18(19(21,22)23)6-15(26-30-18)27-8-12-7-24-17(31(3,28)29)25-14(12)9-27/h4-5,7H,6,8-9H2,1-3H3. The molecule has 0 fully saturated rings. The minimum absolute atomic E-state index is 0.0378. The number of aryl methyl sites for hydroxylation is 2. The Hall–Kier alpha value is -2.76. The Kier molecular flexibility index (Phi) is 4.76. The third-order valence-corrected chi connectivity index (χ3v) is 6.27. The lowest BCUT2D eigenvalue weighted by atomic mass is 9.87. The zero-order valence-corrected chi connectivity index (χ0v) is 17.6. The minimum Gasteiger partial charge on any atom is -0.372 e. The molecule has 0 spiro atoms. The van der Waals surface area contributed by atoms with Gasteiger partial charge in [-0.05, 0) is 37.1 Å². The fraction of sp³-hybridized carbons (Fsp3) is 0.421. The molecular weight excluding hydrogens is 440 g/mol. The number of nitrogens with zero attached hydrogens (tertiary/aromatic N) is 4. The molecule has 4 rings (SSSR count). The first-order valence-corrected chi connectivity index (χ1v) is 11.1. The van der Waals surface area contributed by atoms with Crippen LogP contribution in [0.5, 0.6) is 0 Å². The molecule has 0 amide bonds. The maximum atomic E-state index is 14.2. The topological polar surface area (TPSA) is 84.8 Å². The molecule has 0 aliphatic carbocycles. The third kappa shape index (κ3) is 3.52. The number of benzene rings is 1. The Balaban J connectivity index is 1.65. The highest BCUT2D eigenvalue weighted by atomic mass is 32.2. The predicted molar refractivity (Wildman–Crippen MR) is 101 cm³/mol. The van der Waals surface area contributed by atoms with Gasteiger partial charge in [0.1, 0.15) is 11.7 Å². The van der Waals surface area contributed by atoms with E-state index in [1.54, 1.807) is 0 Å². The molecule has 7 nitrogen and oxygen atoms in total. The molecule has 166 valence electrons. The highest BCUT2D eigenvalue weighted by Gasteiger charge is 2.63. The van der Waals surface area contributed by atoms with Gasteiger partial charge in [0.05, 0.1) is 18.7 Å². The summed E-state index contributed by atoms with van der Waals surface area (Å²) in [4.78, 5) is 14.4. The van der Waals surface area contributed by atoms with Gasteiger partial charge in [-0.2, -0.15) is 13.2 Å². The van der Waals surface area contributed by atoms with Crippen molar-refractivity contribution < 1.29 is 30.8 Å². The molecule has 0 bridgehead atoms. The van der Waals surface area contributed by atoms with E-state index < -0.39 is 33.9 Å². The number of hydrogen-bond acceptors (Lipinski definition) is 7. The van der Waals surface area contributed by atoms with Crippen LogP contribution in [0, 0.1) is 19.7 Å².